The van der Waals surface area contributed by atoms with E-state index in [1.807, 2.05) is 0 Å². The minimum atomic E-state index is -3.66. The van der Waals surface area contributed by atoms with Crippen molar-refractivity contribution in [1.29, 1.82) is 0 Å². The normalized spacial score (nSPS) is 11.2. The molecule has 0 saturated heterocycles. The van der Waals surface area contributed by atoms with Gasteiger partial charge in [-0.05, 0) is 37.5 Å². The molecule has 0 aliphatic heterocycles. The SMILES string of the molecule is C#CCCCCNS(=O)(=O)c1cc(C)c(F)c(N)c1. The van der Waals surface area contributed by atoms with Crippen molar-refractivity contribution in [2.45, 2.75) is 31.1 Å². The lowest BCUT2D eigenvalue weighted by atomic mass is 10.2. The molecule has 0 saturated carbocycles. The van der Waals surface area contributed by atoms with Crippen LogP contribution in [0, 0.1) is 25.1 Å². The van der Waals surface area contributed by atoms with Gasteiger partial charge in [-0.2, -0.15) is 0 Å². The summed E-state index contributed by atoms with van der Waals surface area (Å²) in [6, 6.07) is 2.38. The van der Waals surface area contributed by atoms with Gasteiger partial charge < -0.3 is 5.73 Å². The zero-order valence-electron chi connectivity index (χ0n) is 10.7. The highest BCUT2D eigenvalue weighted by Gasteiger charge is 2.16. The van der Waals surface area contributed by atoms with Crippen LogP contribution < -0.4 is 10.5 Å². The van der Waals surface area contributed by atoms with Gasteiger partial charge in [0.05, 0.1) is 10.6 Å². The summed E-state index contributed by atoms with van der Waals surface area (Å²) < 4.78 is 39.7. The Labute approximate surface area is 113 Å². The number of nitrogen functional groups attached to an aromatic ring is 1. The second kappa shape index (κ2) is 6.55. The van der Waals surface area contributed by atoms with Crippen LogP contribution in [0.25, 0.3) is 0 Å². The van der Waals surface area contributed by atoms with Crippen LogP contribution in [0.2, 0.25) is 0 Å². The standard InChI is InChI=1S/C13H17FN2O2S/c1-3-4-5-6-7-16-19(17,18)11-8-10(2)13(14)12(15)9-11/h1,8-9,16H,4-7,15H2,2H3. The zero-order valence-corrected chi connectivity index (χ0v) is 11.6. The van der Waals surface area contributed by atoms with Gasteiger partial charge in [-0.3, -0.25) is 0 Å². The first-order chi connectivity index (χ1) is 8.88. The number of terminal acetylenes is 1. The summed E-state index contributed by atoms with van der Waals surface area (Å²) in [5.74, 6) is 1.89. The highest BCUT2D eigenvalue weighted by Crippen LogP contribution is 2.20. The molecule has 104 valence electrons. The molecule has 3 N–H and O–H groups in total. The van der Waals surface area contributed by atoms with Crippen molar-refractivity contribution < 1.29 is 12.8 Å². The van der Waals surface area contributed by atoms with Gasteiger partial charge in [-0.25, -0.2) is 17.5 Å². The van der Waals surface area contributed by atoms with Crippen molar-refractivity contribution in [2.24, 2.45) is 0 Å². The number of hydrogen-bond donors (Lipinski definition) is 2. The summed E-state index contributed by atoms with van der Waals surface area (Å²) in [7, 11) is -3.66. The van der Waals surface area contributed by atoms with Gasteiger partial charge in [-0.1, -0.05) is 0 Å². The van der Waals surface area contributed by atoms with Gasteiger partial charge in [0.1, 0.15) is 5.82 Å². The summed E-state index contributed by atoms with van der Waals surface area (Å²) in [6.07, 6.45) is 7.12. The quantitative estimate of drug-likeness (QED) is 0.475. The van der Waals surface area contributed by atoms with E-state index in [4.69, 9.17) is 12.2 Å². The Hall–Kier alpha value is -1.58. The van der Waals surface area contributed by atoms with Gasteiger partial charge in [0.25, 0.3) is 0 Å². The van der Waals surface area contributed by atoms with Crippen LogP contribution in [0.3, 0.4) is 0 Å². The fraction of sp³-hybridized carbons (Fsp3) is 0.385. The van der Waals surface area contributed by atoms with Crippen molar-refractivity contribution in [3.63, 3.8) is 0 Å². The maximum Gasteiger partial charge on any atom is 0.240 e. The van der Waals surface area contributed by atoms with Gasteiger partial charge in [0.2, 0.25) is 10.0 Å². The van der Waals surface area contributed by atoms with E-state index in [-0.39, 0.29) is 16.1 Å². The molecule has 0 bridgehead atoms. The molecule has 0 fully saturated rings. The first-order valence-electron chi connectivity index (χ1n) is 5.87. The third kappa shape index (κ3) is 4.23. The molecule has 0 amide bonds. The number of halogens is 1. The Kier molecular flexibility index (Phi) is 5.33. The molecule has 0 aliphatic carbocycles. The number of sulfonamides is 1. The minimum absolute atomic E-state index is 0.0270. The number of aryl methyl sites for hydroxylation is 1. The van der Waals surface area contributed by atoms with Crippen molar-refractivity contribution in [2.75, 3.05) is 12.3 Å². The molecule has 0 unspecified atom stereocenters. The van der Waals surface area contributed by atoms with Crippen LogP contribution in [0.1, 0.15) is 24.8 Å². The summed E-state index contributed by atoms with van der Waals surface area (Å²) in [4.78, 5) is -0.0270. The Morgan fingerprint density at radius 1 is 1.42 bits per heavy atom. The zero-order chi connectivity index (χ0) is 14.5. The van der Waals surface area contributed by atoms with Gasteiger partial charge in [0, 0.05) is 13.0 Å². The number of rotatable bonds is 6. The van der Waals surface area contributed by atoms with Crippen LogP contribution in [0.15, 0.2) is 17.0 Å². The van der Waals surface area contributed by atoms with Crippen LogP contribution in [0.5, 0.6) is 0 Å². The lowest BCUT2D eigenvalue weighted by molar-refractivity contribution is 0.576. The molecule has 0 spiro atoms. The highest BCUT2D eigenvalue weighted by atomic mass is 32.2. The third-order valence-corrected chi connectivity index (χ3v) is 4.05. The molecule has 0 aliphatic rings. The van der Waals surface area contributed by atoms with Crippen LogP contribution in [-0.2, 0) is 10.0 Å². The van der Waals surface area contributed by atoms with Crippen LogP contribution >= 0.6 is 0 Å². The topological polar surface area (TPSA) is 72.2 Å². The Morgan fingerprint density at radius 2 is 2.11 bits per heavy atom. The van der Waals surface area contributed by atoms with Crippen molar-refractivity contribution in [3.05, 3.63) is 23.5 Å². The van der Waals surface area contributed by atoms with E-state index in [0.29, 0.717) is 19.4 Å². The predicted molar refractivity (Wildman–Crippen MR) is 73.4 cm³/mol. The summed E-state index contributed by atoms with van der Waals surface area (Å²) in [5, 5.41) is 0. The predicted octanol–water partition coefficient (Wildman–Crippen LogP) is 1.80. The summed E-state index contributed by atoms with van der Waals surface area (Å²) >= 11 is 0. The van der Waals surface area contributed by atoms with Crippen molar-refractivity contribution >= 4 is 15.7 Å². The molecule has 19 heavy (non-hydrogen) atoms. The van der Waals surface area contributed by atoms with Gasteiger partial charge in [-0.15, -0.1) is 12.3 Å². The lowest BCUT2D eigenvalue weighted by Crippen LogP contribution is -2.25. The summed E-state index contributed by atoms with van der Waals surface area (Å²) in [6.45, 7) is 1.76. The molecule has 0 heterocycles. The van der Waals surface area contributed by atoms with E-state index in [9.17, 15) is 12.8 Å². The van der Waals surface area contributed by atoms with Crippen molar-refractivity contribution in [1.82, 2.24) is 4.72 Å². The lowest BCUT2D eigenvalue weighted by Gasteiger charge is -2.09. The monoisotopic (exact) mass is 284 g/mol. The number of anilines is 1. The van der Waals surface area contributed by atoms with Gasteiger partial charge in [0.15, 0.2) is 0 Å². The number of hydrogen-bond acceptors (Lipinski definition) is 3. The molecule has 1 aromatic carbocycles. The Bertz CT molecular complexity index is 568. The number of nitrogens with two attached hydrogens (primary N) is 1. The first kappa shape index (κ1) is 15.5. The Balaban J connectivity index is 2.76. The minimum Gasteiger partial charge on any atom is -0.396 e. The molecule has 0 radical (unpaired) electrons. The Morgan fingerprint density at radius 3 is 2.68 bits per heavy atom. The van der Waals surface area contributed by atoms with Crippen LogP contribution in [0.4, 0.5) is 10.1 Å². The number of unbranched alkanes of at least 4 members (excludes halogenated alkanes) is 2. The highest BCUT2D eigenvalue weighted by molar-refractivity contribution is 7.89. The van der Waals surface area contributed by atoms with Crippen LogP contribution in [-0.4, -0.2) is 15.0 Å². The third-order valence-electron chi connectivity index (χ3n) is 2.61. The molecule has 0 aromatic heterocycles. The number of nitrogens with one attached hydrogen (secondary N) is 1. The van der Waals surface area contributed by atoms with Gasteiger partial charge >= 0.3 is 0 Å². The molecule has 1 rings (SSSR count). The second-order valence-corrected chi connectivity index (χ2v) is 5.97. The number of benzene rings is 1. The molecule has 1 aromatic rings. The maximum absolute atomic E-state index is 13.3. The van der Waals surface area contributed by atoms with E-state index >= 15 is 0 Å². The largest absolute Gasteiger partial charge is 0.396 e. The second-order valence-electron chi connectivity index (χ2n) is 4.20. The van der Waals surface area contributed by atoms with Crippen molar-refractivity contribution in [3.8, 4) is 12.3 Å². The van der Waals surface area contributed by atoms with E-state index < -0.39 is 15.8 Å². The van der Waals surface area contributed by atoms with E-state index in [0.717, 1.165) is 12.5 Å². The average Bonchev–Trinajstić information content (AvgIpc) is 2.35. The summed E-state index contributed by atoms with van der Waals surface area (Å²) in [5.41, 5.74) is 5.45. The molecule has 0 atom stereocenters. The van der Waals surface area contributed by atoms with E-state index in [2.05, 4.69) is 10.6 Å². The fourth-order valence-corrected chi connectivity index (χ4v) is 2.75. The first-order valence-corrected chi connectivity index (χ1v) is 7.35. The average molecular weight is 284 g/mol. The molecule has 6 heteroatoms. The maximum atomic E-state index is 13.3. The van der Waals surface area contributed by atoms with E-state index in [1.165, 1.54) is 13.0 Å². The molecule has 4 nitrogen and oxygen atoms in total. The molecular weight excluding hydrogens is 267 g/mol. The smallest absolute Gasteiger partial charge is 0.240 e. The fourth-order valence-electron chi connectivity index (χ4n) is 1.56. The molecular formula is C13H17FN2O2S. The van der Waals surface area contributed by atoms with E-state index in [1.54, 1.807) is 0 Å².